The molecule has 116 valence electrons. The zero-order valence-corrected chi connectivity index (χ0v) is 13.5. The lowest BCUT2D eigenvalue weighted by Gasteiger charge is -2.53. The number of rotatable bonds is 2. The summed E-state index contributed by atoms with van der Waals surface area (Å²) in [6, 6.07) is 5.21. The van der Waals surface area contributed by atoms with E-state index in [1.165, 1.54) is 18.4 Å². The predicted molar refractivity (Wildman–Crippen MR) is 86.0 cm³/mol. The van der Waals surface area contributed by atoms with E-state index < -0.39 is 0 Å². The SMILES string of the molecule is CC1CC(C)(C)CCC1(CN)N1CCc2ccc(F)cc21. The van der Waals surface area contributed by atoms with Crippen LogP contribution in [0, 0.1) is 17.2 Å². The molecule has 1 heterocycles. The van der Waals surface area contributed by atoms with E-state index >= 15 is 0 Å². The lowest BCUT2D eigenvalue weighted by atomic mass is 9.63. The first-order valence-electron chi connectivity index (χ1n) is 8.14. The van der Waals surface area contributed by atoms with Crippen molar-refractivity contribution in [2.24, 2.45) is 17.1 Å². The largest absolute Gasteiger partial charge is 0.364 e. The van der Waals surface area contributed by atoms with Gasteiger partial charge in [0.1, 0.15) is 5.82 Å². The summed E-state index contributed by atoms with van der Waals surface area (Å²) in [6.07, 6.45) is 4.49. The predicted octanol–water partition coefficient (Wildman–Crippen LogP) is 3.73. The molecule has 0 bridgehead atoms. The van der Waals surface area contributed by atoms with Gasteiger partial charge in [-0.05, 0) is 54.7 Å². The minimum atomic E-state index is -0.142. The summed E-state index contributed by atoms with van der Waals surface area (Å²) in [4.78, 5) is 2.42. The minimum absolute atomic E-state index is 0.00539. The molecule has 2 N–H and O–H groups in total. The van der Waals surface area contributed by atoms with Crippen molar-refractivity contribution in [3.05, 3.63) is 29.6 Å². The maximum atomic E-state index is 13.7. The van der Waals surface area contributed by atoms with Gasteiger partial charge in [0.25, 0.3) is 0 Å². The Labute approximate surface area is 127 Å². The van der Waals surface area contributed by atoms with Crippen LogP contribution in [0.3, 0.4) is 0 Å². The van der Waals surface area contributed by atoms with E-state index in [1.54, 1.807) is 12.1 Å². The Kier molecular flexibility index (Phi) is 3.52. The molecule has 1 saturated carbocycles. The second-order valence-corrected chi connectivity index (χ2v) is 7.75. The molecule has 1 aliphatic carbocycles. The van der Waals surface area contributed by atoms with Crippen LogP contribution in [0.1, 0.15) is 45.6 Å². The first kappa shape index (κ1) is 14.8. The van der Waals surface area contributed by atoms with Crippen LogP contribution >= 0.6 is 0 Å². The van der Waals surface area contributed by atoms with Gasteiger partial charge in [0, 0.05) is 18.8 Å². The van der Waals surface area contributed by atoms with Gasteiger partial charge in [0.05, 0.1) is 5.54 Å². The summed E-state index contributed by atoms with van der Waals surface area (Å²) >= 11 is 0. The Balaban J connectivity index is 1.97. The molecule has 1 aromatic carbocycles. The Morgan fingerprint density at radius 2 is 2.10 bits per heavy atom. The van der Waals surface area contributed by atoms with Crippen LogP contribution in [0.4, 0.5) is 10.1 Å². The third-order valence-electron chi connectivity index (χ3n) is 5.84. The van der Waals surface area contributed by atoms with E-state index in [1.807, 2.05) is 6.07 Å². The van der Waals surface area contributed by atoms with Gasteiger partial charge in [0.2, 0.25) is 0 Å². The molecule has 0 aromatic heterocycles. The van der Waals surface area contributed by atoms with E-state index in [0.29, 0.717) is 17.9 Å². The highest BCUT2D eigenvalue weighted by molar-refractivity contribution is 5.60. The minimum Gasteiger partial charge on any atom is -0.364 e. The number of anilines is 1. The highest BCUT2D eigenvalue weighted by Gasteiger charge is 2.48. The first-order valence-corrected chi connectivity index (χ1v) is 8.14. The smallest absolute Gasteiger partial charge is 0.125 e. The number of nitrogens with zero attached hydrogens (tertiary/aromatic N) is 1. The van der Waals surface area contributed by atoms with Crippen molar-refractivity contribution >= 4 is 5.69 Å². The molecule has 2 atom stereocenters. The van der Waals surface area contributed by atoms with Crippen LogP contribution < -0.4 is 10.6 Å². The molecule has 3 rings (SSSR count). The molecular weight excluding hydrogens is 263 g/mol. The Morgan fingerprint density at radius 1 is 1.33 bits per heavy atom. The van der Waals surface area contributed by atoms with Gasteiger partial charge in [0.15, 0.2) is 0 Å². The van der Waals surface area contributed by atoms with Crippen LogP contribution in [0.2, 0.25) is 0 Å². The summed E-state index contributed by atoms with van der Waals surface area (Å²) < 4.78 is 13.7. The zero-order chi connectivity index (χ0) is 15.3. The van der Waals surface area contributed by atoms with Crippen LogP contribution in [0.5, 0.6) is 0 Å². The highest BCUT2D eigenvalue weighted by atomic mass is 19.1. The maximum Gasteiger partial charge on any atom is 0.125 e. The lowest BCUT2D eigenvalue weighted by Crippen LogP contribution is -2.60. The van der Waals surface area contributed by atoms with Crippen molar-refractivity contribution in [3.63, 3.8) is 0 Å². The van der Waals surface area contributed by atoms with E-state index in [2.05, 4.69) is 25.7 Å². The van der Waals surface area contributed by atoms with Crippen molar-refractivity contribution in [3.8, 4) is 0 Å². The number of hydrogen-bond donors (Lipinski definition) is 1. The molecule has 0 saturated heterocycles. The molecule has 1 aromatic rings. The quantitative estimate of drug-likeness (QED) is 0.899. The van der Waals surface area contributed by atoms with Crippen molar-refractivity contribution in [2.45, 2.75) is 52.0 Å². The van der Waals surface area contributed by atoms with Gasteiger partial charge in [-0.15, -0.1) is 0 Å². The van der Waals surface area contributed by atoms with Crippen LogP contribution in [-0.2, 0) is 6.42 Å². The second kappa shape index (κ2) is 4.98. The molecular formula is C18H27FN2. The van der Waals surface area contributed by atoms with Crippen molar-refractivity contribution in [1.29, 1.82) is 0 Å². The molecule has 0 amide bonds. The summed E-state index contributed by atoms with van der Waals surface area (Å²) in [5.74, 6) is 0.386. The fourth-order valence-corrected chi connectivity index (χ4v) is 4.55. The molecule has 1 aliphatic heterocycles. The Morgan fingerprint density at radius 3 is 2.76 bits per heavy atom. The number of benzene rings is 1. The first-order chi connectivity index (χ1) is 9.88. The van der Waals surface area contributed by atoms with Gasteiger partial charge in [-0.3, -0.25) is 0 Å². The molecule has 2 nitrogen and oxygen atoms in total. The van der Waals surface area contributed by atoms with Gasteiger partial charge in [-0.25, -0.2) is 4.39 Å². The van der Waals surface area contributed by atoms with Gasteiger partial charge >= 0.3 is 0 Å². The Bertz CT molecular complexity index is 540. The highest BCUT2D eigenvalue weighted by Crippen LogP contribution is 2.49. The number of halogens is 1. The summed E-state index contributed by atoms with van der Waals surface area (Å²) in [7, 11) is 0. The molecule has 3 heteroatoms. The topological polar surface area (TPSA) is 29.3 Å². The monoisotopic (exact) mass is 290 g/mol. The van der Waals surface area contributed by atoms with E-state index in [9.17, 15) is 4.39 Å². The van der Waals surface area contributed by atoms with Gasteiger partial charge < -0.3 is 10.6 Å². The van der Waals surface area contributed by atoms with Crippen LogP contribution in [0.15, 0.2) is 18.2 Å². The molecule has 1 fully saturated rings. The lowest BCUT2D eigenvalue weighted by molar-refractivity contribution is 0.101. The number of hydrogen-bond acceptors (Lipinski definition) is 2. The van der Waals surface area contributed by atoms with E-state index in [0.717, 1.165) is 25.1 Å². The van der Waals surface area contributed by atoms with Gasteiger partial charge in [-0.2, -0.15) is 0 Å². The fourth-order valence-electron chi connectivity index (χ4n) is 4.55. The average molecular weight is 290 g/mol. The fraction of sp³-hybridized carbons (Fsp3) is 0.667. The maximum absolute atomic E-state index is 13.7. The molecule has 2 aliphatic rings. The summed E-state index contributed by atoms with van der Waals surface area (Å²) in [5, 5.41) is 0. The normalized spacial score (nSPS) is 31.3. The van der Waals surface area contributed by atoms with Crippen molar-refractivity contribution in [1.82, 2.24) is 0 Å². The van der Waals surface area contributed by atoms with Gasteiger partial charge in [-0.1, -0.05) is 26.8 Å². The Hall–Kier alpha value is -1.09. The van der Waals surface area contributed by atoms with Crippen molar-refractivity contribution < 1.29 is 4.39 Å². The van der Waals surface area contributed by atoms with Crippen LogP contribution in [-0.4, -0.2) is 18.6 Å². The average Bonchev–Trinajstić information content (AvgIpc) is 2.82. The van der Waals surface area contributed by atoms with Crippen molar-refractivity contribution in [2.75, 3.05) is 18.0 Å². The summed E-state index contributed by atoms with van der Waals surface area (Å²) in [6.45, 7) is 8.65. The zero-order valence-electron chi connectivity index (χ0n) is 13.5. The third-order valence-corrected chi connectivity index (χ3v) is 5.84. The second-order valence-electron chi connectivity index (χ2n) is 7.75. The molecule has 2 unspecified atom stereocenters. The molecule has 0 spiro atoms. The van der Waals surface area contributed by atoms with E-state index in [-0.39, 0.29) is 11.4 Å². The summed E-state index contributed by atoms with van der Waals surface area (Å²) in [5.41, 5.74) is 8.98. The van der Waals surface area contributed by atoms with E-state index in [4.69, 9.17) is 5.73 Å². The third kappa shape index (κ3) is 2.36. The number of fused-ring (bicyclic) bond motifs is 1. The number of nitrogens with two attached hydrogens (primary N) is 1. The molecule has 21 heavy (non-hydrogen) atoms. The standard InChI is InChI=1S/C18H27FN2/c1-13-11-17(2,3)7-8-18(13,12-20)21-9-6-14-4-5-15(19)10-16(14)21/h4-5,10,13H,6-9,11-12,20H2,1-3H3. The molecule has 0 radical (unpaired) electrons. The van der Waals surface area contributed by atoms with Crippen LogP contribution in [0.25, 0.3) is 0 Å².